The zero-order valence-corrected chi connectivity index (χ0v) is 17.9. The van der Waals surface area contributed by atoms with Crippen LogP contribution in [0.4, 0.5) is 5.95 Å². The maximum atomic E-state index is 5.08. The average Bonchev–Trinajstić information content (AvgIpc) is 3.40. The molecule has 5 nitrogen and oxygen atoms in total. The lowest BCUT2D eigenvalue weighted by atomic mass is 10.1. The van der Waals surface area contributed by atoms with Gasteiger partial charge in [0.1, 0.15) is 5.75 Å². The van der Waals surface area contributed by atoms with Gasteiger partial charge in [-0.1, -0.05) is 12.1 Å². The molecular formula is C23H26N4OS. The number of benzene rings is 1. The number of thioether (sulfide) groups is 1. The van der Waals surface area contributed by atoms with Crippen molar-refractivity contribution in [1.82, 2.24) is 15.0 Å². The minimum atomic E-state index is 0.782. The van der Waals surface area contributed by atoms with Crippen LogP contribution in [0, 0.1) is 18.8 Å². The monoisotopic (exact) mass is 406 g/mol. The lowest BCUT2D eigenvalue weighted by Crippen LogP contribution is -2.23. The quantitative estimate of drug-likeness (QED) is 0.585. The molecule has 0 radical (unpaired) electrons. The van der Waals surface area contributed by atoms with Gasteiger partial charge in [0.05, 0.1) is 19.0 Å². The zero-order chi connectivity index (χ0) is 20.2. The third-order valence-electron chi connectivity index (χ3n) is 5.39. The number of ether oxygens (including phenoxy) is 1. The molecule has 2 atom stereocenters. The fourth-order valence-corrected chi connectivity index (χ4v) is 3.95. The molecule has 2 aliphatic rings. The Morgan fingerprint density at radius 1 is 0.931 bits per heavy atom. The molecule has 5 rings (SSSR count). The predicted molar refractivity (Wildman–Crippen MR) is 119 cm³/mol. The summed E-state index contributed by atoms with van der Waals surface area (Å²) in [4.78, 5) is 16.6. The van der Waals surface area contributed by atoms with Crippen LogP contribution in [0.15, 0.2) is 59.9 Å². The standard InChI is InChI=1S/C13H13NOS.C10H13N3/c1-15-11-5-8-13(14-9-11)10-3-6-12(16-2)7-4-10;1-7-3-11-10(12-4-7)13-5-8-2-9(8)6-13/h3-9H,1-2H3;3-4,8-9H,2,5-6H2,1H3. The number of anilines is 1. The topological polar surface area (TPSA) is 51.1 Å². The highest BCUT2D eigenvalue weighted by atomic mass is 32.2. The molecule has 1 saturated carbocycles. The van der Waals surface area contributed by atoms with E-state index in [1.807, 2.05) is 31.5 Å². The third-order valence-corrected chi connectivity index (χ3v) is 6.13. The van der Waals surface area contributed by atoms with Crippen molar-refractivity contribution in [3.8, 4) is 17.0 Å². The molecule has 2 unspecified atom stereocenters. The molecule has 0 spiro atoms. The first-order chi connectivity index (χ1) is 14.2. The first-order valence-corrected chi connectivity index (χ1v) is 11.1. The molecule has 2 fully saturated rings. The largest absolute Gasteiger partial charge is 0.495 e. The fraction of sp³-hybridized carbons (Fsp3) is 0.348. The van der Waals surface area contributed by atoms with Crippen LogP contribution >= 0.6 is 11.8 Å². The van der Waals surface area contributed by atoms with Gasteiger partial charge in [0, 0.05) is 35.9 Å². The molecule has 3 aromatic rings. The fourth-order valence-electron chi connectivity index (χ4n) is 3.54. The normalized spacial score (nSPS) is 19.2. The molecule has 0 bridgehead atoms. The van der Waals surface area contributed by atoms with Crippen LogP contribution in [0.3, 0.4) is 0 Å². The average molecular weight is 407 g/mol. The summed E-state index contributed by atoms with van der Waals surface area (Å²) in [6.45, 7) is 4.37. The maximum Gasteiger partial charge on any atom is 0.225 e. The van der Waals surface area contributed by atoms with E-state index < -0.39 is 0 Å². The molecule has 0 amide bonds. The van der Waals surface area contributed by atoms with Crippen molar-refractivity contribution in [3.63, 3.8) is 0 Å². The Balaban J connectivity index is 0.000000144. The van der Waals surface area contributed by atoms with Crippen molar-refractivity contribution in [2.75, 3.05) is 31.4 Å². The molecule has 1 aromatic carbocycles. The zero-order valence-electron chi connectivity index (χ0n) is 17.1. The van der Waals surface area contributed by atoms with Gasteiger partial charge in [-0.2, -0.15) is 0 Å². The van der Waals surface area contributed by atoms with Crippen LogP contribution < -0.4 is 9.64 Å². The summed E-state index contributed by atoms with van der Waals surface area (Å²) in [6, 6.07) is 12.3. The van der Waals surface area contributed by atoms with Gasteiger partial charge in [-0.3, -0.25) is 4.98 Å². The summed E-state index contributed by atoms with van der Waals surface area (Å²) in [5.41, 5.74) is 3.22. The number of hydrogen-bond donors (Lipinski definition) is 0. The Labute approximate surface area is 176 Å². The number of nitrogens with zero attached hydrogens (tertiary/aromatic N) is 4. The highest BCUT2D eigenvalue weighted by Crippen LogP contribution is 2.45. The minimum absolute atomic E-state index is 0.782. The second kappa shape index (κ2) is 8.82. The number of fused-ring (bicyclic) bond motifs is 1. The van der Waals surface area contributed by atoms with Gasteiger partial charge in [0.2, 0.25) is 5.95 Å². The Morgan fingerprint density at radius 3 is 2.17 bits per heavy atom. The first-order valence-electron chi connectivity index (χ1n) is 9.84. The van der Waals surface area contributed by atoms with Gasteiger partial charge in [-0.05, 0) is 61.3 Å². The van der Waals surface area contributed by atoms with Crippen molar-refractivity contribution >= 4 is 17.7 Å². The second-order valence-electron chi connectivity index (χ2n) is 7.53. The number of piperidine rings is 1. The van der Waals surface area contributed by atoms with Gasteiger partial charge in [0.25, 0.3) is 0 Å². The van der Waals surface area contributed by atoms with Crippen molar-refractivity contribution in [2.45, 2.75) is 18.2 Å². The Kier molecular flexibility index (Phi) is 6.00. The van der Waals surface area contributed by atoms with E-state index in [-0.39, 0.29) is 0 Å². The van der Waals surface area contributed by atoms with Crippen molar-refractivity contribution in [2.24, 2.45) is 11.8 Å². The molecule has 6 heteroatoms. The van der Waals surface area contributed by atoms with E-state index in [0.717, 1.165) is 40.4 Å². The van der Waals surface area contributed by atoms with Crippen LogP contribution in [-0.2, 0) is 0 Å². The molecule has 1 aliphatic carbocycles. The summed E-state index contributed by atoms with van der Waals surface area (Å²) in [6.07, 6.45) is 9.03. The van der Waals surface area contributed by atoms with Gasteiger partial charge >= 0.3 is 0 Å². The maximum absolute atomic E-state index is 5.08. The van der Waals surface area contributed by atoms with Gasteiger partial charge < -0.3 is 9.64 Å². The SMILES string of the molecule is COc1ccc(-c2ccc(SC)cc2)nc1.Cc1cnc(N2CC3CC3C2)nc1. The van der Waals surface area contributed by atoms with Crippen molar-refractivity contribution in [1.29, 1.82) is 0 Å². The van der Waals surface area contributed by atoms with Gasteiger partial charge in [-0.25, -0.2) is 9.97 Å². The number of rotatable bonds is 4. The van der Waals surface area contributed by atoms with E-state index in [2.05, 4.69) is 50.4 Å². The van der Waals surface area contributed by atoms with Gasteiger partial charge in [0.15, 0.2) is 0 Å². The number of aromatic nitrogens is 3. The Hall–Kier alpha value is -2.60. The molecule has 1 saturated heterocycles. The molecule has 2 aromatic heterocycles. The molecule has 1 aliphatic heterocycles. The minimum Gasteiger partial charge on any atom is -0.495 e. The lowest BCUT2D eigenvalue weighted by molar-refractivity contribution is 0.413. The highest BCUT2D eigenvalue weighted by molar-refractivity contribution is 7.98. The Bertz CT molecular complexity index is 873. The van der Waals surface area contributed by atoms with E-state index >= 15 is 0 Å². The number of methoxy groups -OCH3 is 1. The first kappa shape index (κ1) is 19.7. The van der Waals surface area contributed by atoms with E-state index in [0.29, 0.717) is 0 Å². The molecule has 3 heterocycles. The summed E-state index contributed by atoms with van der Waals surface area (Å²) in [5, 5.41) is 0. The van der Waals surface area contributed by atoms with Crippen molar-refractivity contribution in [3.05, 3.63) is 60.6 Å². The van der Waals surface area contributed by atoms with Gasteiger partial charge in [-0.15, -0.1) is 11.8 Å². The van der Waals surface area contributed by atoms with Crippen LogP contribution in [0.5, 0.6) is 5.75 Å². The van der Waals surface area contributed by atoms with Crippen LogP contribution in [0.1, 0.15) is 12.0 Å². The smallest absolute Gasteiger partial charge is 0.225 e. The molecular weight excluding hydrogens is 380 g/mol. The highest BCUT2D eigenvalue weighted by Gasteiger charge is 2.45. The molecule has 29 heavy (non-hydrogen) atoms. The predicted octanol–water partition coefficient (Wildman–Crippen LogP) is 4.72. The second-order valence-corrected chi connectivity index (χ2v) is 8.41. The summed E-state index contributed by atoms with van der Waals surface area (Å²) in [7, 11) is 1.64. The van der Waals surface area contributed by atoms with Crippen molar-refractivity contribution < 1.29 is 4.74 Å². The molecule has 0 N–H and O–H groups in total. The summed E-state index contributed by atoms with van der Waals surface area (Å²) < 4.78 is 5.08. The number of hydrogen-bond acceptors (Lipinski definition) is 6. The van der Waals surface area contributed by atoms with E-state index in [4.69, 9.17) is 4.74 Å². The third kappa shape index (κ3) is 4.88. The lowest BCUT2D eigenvalue weighted by Gasteiger charge is -2.16. The molecule has 150 valence electrons. The van der Waals surface area contributed by atoms with E-state index in [9.17, 15) is 0 Å². The number of pyridine rings is 1. The van der Waals surface area contributed by atoms with E-state index in [1.165, 1.54) is 24.4 Å². The van der Waals surface area contributed by atoms with Crippen LogP contribution in [0.25, 0.3) is 11.3 Å². The van der Waals surface area contributed by atoms with Crippen LogP contribution in [-0.4, -0.2) is 41.4 Å². The summed E-state index contributed by atoms with van der Waals surface area (Å²) >= 11 is 1.74. The number of aryl methyl sites for hydroxylation is 1. The summed E-state index contributed by atoms with van der Waals surface area (Å²) in [5.74, 6) is 3.59. The van der Waals surface area contributed by atoms with Crippen LogP contribution in [0.2, 0.25) is 0 Å². The Morgan fingerprint density at radius 2 is 1.62 bits per heavy atom. The van der Waals surface area contributed by atoms with E-state index in [1.54, 1.807) is 25.1 Å².